The van der Waals surface area contributed by atoms with Crippen LogP contribution in [0.3, 0.4) is 0 Å². The zero-order valence-electron chi connectivity index (χ0n) is 10.9. The van der Waals surface area contributed by atoms with Crippen LogP contribution in [-0.4, -0.2) is 55.7 Å². The number of rotatable bonds is 6. The molecule has 1 saturated heterocycles. The van der Waals surface area contributed by atoms with Crippen LogP contribution in [-0.2, 0) is 9.53 Å². The Balaban J connectivity index is 2.18. The van der Waals surface area contributed by atoms with Gasteiger partial charge in [-0.05, 0) is 13.3 Å². The maximum Gasteiger partial charge on any atom is 0.221 e. The lowest BCUT2D eigenvalue weighted by Crippen LogP contribution is -2.46. The van der Waals surface area contributed by atoms with Crippen LogP contribution >= 0.6 is 0 Å². The molecule has 1 heterocycles. The van der Waals surface area contributed by atoms with Crippen molar-refractivity contribution in [1.29, 1.82) is 0 Å². The van der Waals surface area contributed by atoms with Gasteiger partial charge in [0, 0.05) is 38.1 Å². The van der Waals surface area contributed by atoms with Gasteiger partial charge in [0.2, 0.25) is 5.91 Å². The van der Waals surface area contributed by atoms with Crippen molar-refractivity contribution in [3.05, 3.63) is 0 Å². The Bertz CT molecular complexity index is 230. The molecule has 0 saturated carbocycles. The van der Waals surface area contributed by atoms with Crippen molar-refractivity contribution in [2.75, 3.05) is 32.8 Å². The molecule has 100 valence electrons. The number of carbonyl (C=O) groups excluding carboxylic acids is 1. The van der Waals surface area contributed by atoms with Gasteiger partial charge < -0.3 is 15.8 Å². The summed E-state index contributed by atoms with van der Waals surface area (Å²) >= 11 is 0. The molecule has 2 unspecified atom stereocenters. The van der Waals surface area contributed by atoms with Gasteiger partial charge in [-0.15, -0.1) is 0 Å². The molecule has 3 N–H and O–H groups in total. The van der Waals surface area contributed by atoms with E-state index in [9.17, 15) is 4.79 Å². The normalized spacial score (nSPS) is 20.9. The molecule has 1 rings (SSSR count). The highest BCUT2D eigenvalue weighted by Gasteiger charge is 2.15. The van der Waals surface area contributed by atoms with Gasteiger partial charge >= 0.3 is 0 Å². The average Bonchev–Trinajstić information content (AvgIpc) is 2.29. The Morgan fingerprint density at radius 1 is 1.47 bits per heavy atom. The van der Waals surface area contributed by atoms with Gasteiger partial charge in [-0.1, -0.05) is 6.92 Å². The lowest BCUT2D eigenvalue weighted by atomic mass is 10.1. The van der Waals surface area contributed by atoms with E-state index in [4.69, 9.17) is 10.5 Å². The molecule has 17 heavy (non-hydrogen) atoms. The monoisotopic (exact) mass is 243 g/mol. The SMILES string of the molecule is CCC(N)CC(=O)NC(C)CN1CCOCC1. The summed E-state index contributed by atoms with van der Waals surface area (Å²) in [5.74, 6) is 0.0557. The fraction of sp³-hybridized carbons (Fsp3) is 0.917. The molecule has 1 amide bonds. The number of ether oxygens (including phenoxy) is 1. The van der Waals surface area contributed by atoms with Crippen molar-refractivity contribution >= 4 is 5.91 Å². The van der Waals surface area contributed by atoms with Crippen LogP contribution in [0.15, 0.2) is 0 Å². The number of hydrogen-bond donors (Lipinski definition) is 2. The number of amides is 1. The lowest BCUT2D eigenvalue weighted by molar-refractivity contribution is -0.122. The second-order valence-electron chi connectivity index (χ2n) is 4.75. The first-order valence-electron chi connectivity index (χ1n) is 6.46. The Morgan fingerprint density at radius 2 is 2.12 bits per heavy atom. The fourth-order valence-electron chi connectivity index (χ4n) is 1.93. The van der Waals surface area contributed by atoms with Crippen molar-refractivity contribution in [3.63, 3.8) is 0 Å². The van der Waals surface area contributed by atoms with Crippen molar-refractivity contribution in [2.45, 2.75) is 38.8 Å². The molecule has 0 spiro atoms. The van der Waals surface area contributed by atoms with Gasteiger partial charge in [0.25, 0.3) is 0 Å². The Hall–Kier alpha value is -0.650. The summed E-state index contributed by atoms with van der Waals surface area (Å²) in [6, 6.07) is 0.148. The fourth-order valence-corrected chi connectivity index (χ4v) is 1.93. The molecule has 1 aliphatic heterocycles. The van der Waals surface area contributed by atoms with Crippen molar-refractivity contribution < 1.29 is 9.53 Å². The number of hydrogen-bond acceptors (Lipinski definition) is 4. The first-order chi connectivity index (χ1) is 8.11. The summed E-state index contributed by atoms with van der Waals surface area (Å²) in [5.41, 5.74) is 5.75. The maximum atomic E-state index is 11.6. The lowest BCUT2D eigenvalue weighted by Gasteiger charge is -2.29. The Kier molecular flexibility index (Phi) is 6.47. The second-order valence-corrected chi connectivity index (χ2v) is 4.75. The molecule has 2 atom stereocenters. The molecule has 5 heteroatoms. The predicted octanol–water partition coefficient (Wildman–Crippen LogP) is -0.0493. The van der Waals surface area contributed by atoms with Gasteiger partial charge in [0.05, 0.1) is 13.2 Å². The van der Waals surface area contributed by atoms with Crippen LogP contribution in [0.2, 0.25) is 0 Å². The van der Waals surface area contributed by atoms with E-state index >= 15 is 0 Å². The third kappa shape index (κ3) is 6.00. The molecule has 1 aliphatic rings. The molecular formula is C12H25N3O2. The van der Waals surface area contributed by atoms with E-state index in [1.807, 2.05) is 13.8 Å². The zero-order valence-corrected chi connectivity index (χ0v) is 10.9. The van der Waals surface area contributed by atoms with Gasteiger partial charge in [0.15, 0.2) is 0 Å². The Labute approximate surface area is 104 Å². The number of nitrogens with two attached hydrogens (primary N) is 1. The van der Waals surface area contributed by atoms with E-state index < -0.39 is 0 Å². The van der Waals surface area contributed by atoms with Crippen molar-refractivity contribution in [3.8, 4) is 0 Å². The smallest absolute Gasteiger partial charge is 0.221 e. The summed E-state index contributed by atoms with van der Waals surface area (Å²) in [6.45, 7) is 8.41. The van der Waals surface area contributed by atoms with Crippen LogP contribution in [0.4, 0.5) is 0 Å². The van der Waals surface area contributed by atoms with E-state index in [0.29, 0.717) is 6.42 Å². The topological polar surface area (TPSA) is 67.6 Å². The van der Waals surface area contributed by atoms with Crippen LogP contribution in [0.5, 0.6) is 0 Å². The highest BCUT2D eigenvalue weighted by molar-refractivity contribution is 5.76. The maximum absolute atomic E-state index is 11.6. The predicted molar refractivity (Wildman–Crippen MR) is 67.7 cm³/mol. The number of carbonyl (C=O) groups is 1. The van der Waals surface area contributed by atoms with E-state index in [1.54, 1.807) is 0 Å². The summed E-state index contributed by atoms with van der Waals surface area (Å²) in [4.78, 5) is 13.9. The van der Waals surface area contributed by atoms with E-state index in [0.717, 1.165) is 39.3 Å². The molecule has 0 aliphatic carbocycles. The minimum atomic E-state index is -0.0226. The van der Waals surface area contributed by atoms with Crippen LogP contribution in [0.1, 0.15) is 26.7 Å². The Morgan fingerprint density at radius 3 is 2.71 bits per heavy atom. The largest absolute Gasteiger partial charge is 0.379 e. The summed E-state index contributed by atoms with van der Waals surface area (Å²) in [6.07, 6.45) is 1.26. The van der Waals surface area contributed by atoms with Gasteiger partial charge in [0.1, 0.15) is 0 Å². The minimum Gasteiger partial charge on any atom is -0.379 e. The molecule has 0 radical (unpaired) electrons. The number of nitrogens with one attached hydrogen (secondary N) is 1. The summed E-state index contributed by atoms with van der Waals surface area (Å²) < 4.78 is 5.28. The van der Waals surface area contributed by atoms with Gasteiger partial charge in [-0.3, -0.25) is 9.69 Å². The van der Waals surface area contributed by atoms with Crippen molar-refractivity contribution in [2.24, 2.45) is 5.73 Å². The van der Waals surface area contributed by atoms with Gasteiger partial charge in [-0.25, -0.2) is 0 Å². The molecule has 0 aromatic carbocycles. The van der Waals surface area contributed by atoms with Crippen LogP contribution in [0.25, 0.3) is 0 Å². The van der Waals surface area contributed by atoms with Gasteiger partial charge in [-0.2, -0.15) is 0 Å². The molecule has 1 fully saturated rings. The van der Waals surface area contributed by atoms with Crippen molar-refractivity contribution in [1.82, 2.24) is 10.2 Å². The summed E-state index contributed by atoms with van der Waals surface area (Å²) in [5, 5.41) is 2.99. The second kappa shape index (κ2) is 7.63. The highest BCUT2D eigenvalue weighted by atomic mass is 16.5. The van der Waals surface area contributed by atoms with Crippen LogP contribution in [0, 0.1) is 0 Å². The minimum absolute atomic E-state index is 0.0226. The number of morpholine rings is 1. The molecule has 0 aromatic heterocycles. The molecular weight excluding hydrogens is 218 g/mol. The van der Waals surface area contributed by atoms with Crippen LogP contribution < -0.4 is 11.1 Å². The first kappa shape index (κ1) is 14.4. The summed E-state index contributed by atoms with van der Waals surface area (Å²) in [7, 11) is 0. The highest BCUT2D eigenvalue weighted by Crippen LogP contribution is 1.99. The van der Waals surface area contributed by atoms with E-state index in [1.165, 1.54) is 0 Å². The van der Waals surface area contributed by atoms with E-state index in [2.05, 4.69) is 10.2 Å². The number of nitrogens with zero attached hydrogens (tertiary/aromatic N) is 1. The zero-order chi connectivity index (χ0) is 12.7. The molecule has 0 bridgehead atoms. The molecule has 0 aromatic rings. The average molecular weight is 243 g/mol. The first-order valence-corrected chi connectivity index (χ1v) is 6.46. The molecule has 5 nitrogen and oxygen atoms in total. The standard InChI is InChI=1S/C12H25N3O2/c1-3-11(13)8-12(16)14-10(2)9-15-4-6-17-7-5-15/h10-11H,3-9,13H2,1-2H3,(H,14,16). The third-order valence-electron chi connectivity index (χ3n) is 3.02. The quantitative estimate of drug-likeness (QED) is 0.686. The van der Waals surface area contributed by atoms with E-state index in [-0.39, 0.29) is 18.0 Å². The third-order valence-corrected chi connectivity index (χ3v) is 3.02.